The summed E-state index contributed by atoms with van der Waals surface area (Å²) in [7, 11) is 1.52. The Morgan fingerprint density at radius 1 is 1.43 bits per heavy atom. The van der Waals surface area contributed by atoms with Crippen LogP contribution in [0.15, 0.2) is 12.3 Å². The van der Waals surface area contributed by atoms with Crippen molar-refractivity contribution in [2.75, 3.05) is 25.0 Å². The maximum absolute atomic E-state index is 11.1. The Hall–Kier alpha value is -1.86. The monoisotopic (exact) mass is 327 g/mol. The SMILES string of the molecule is CNC(=O)OC1CN(c2nc3ncc(Cl)cc3nc2Cl)C1. The van der Waals surface area contributed by atoms with Gasteiger partial charge in [-0.05, 0) is 6.07 Å². The first-order valence-electron chi connectivity index (χ1n) is 6.19. The quantitative estimate of drug-likeness (QED) is 0.907. The number of anilines is 1. The van der Waals surface area contributed by atoms with Gasteiger partial charge in [0.2, 0.25) is 0 Å². The minimum absolute atomic E-state index is 0.184. The molecule has 110 valence electrons. The molecule has 0 aromatic carbocycles. The van der Waals surface area contributed by atoms with Gasteiger partial charge in [-0.3, -0.25) is 0 Å². The van der Waals surface area contributed by atoms with Crippen LogP contribution in [0.1, 0.15) is 0 Å². The topological polar surface area (TPSA) is 80.2 Å². The molecule has 3 rings (SSSR count). The molecule has 21 heavy (non-hydrogen) atoms. The summed E-state index contributed by atoms with van der Waals surface area (Å²) in [5, 5.41) is 3.15. The molecule has 0 atom stereocenters. The molecular formula is C12H11Cl2N5O2. The molecule has 2 aromatic heterocycles. The van der Waals surface area contributed by atoms with Crippen LogP contribution in [-0.4, -0.2) is 47.3 Å². The molecule has 1 N–H and O–H groups in total. The standard InChI is InChI=1S/C12H11Cl2N5O2/c1-15-12(20)21-7-4-19(5-7)11-9(14)17-8-2-6(13)3-16-10(8)18-11/h2-3,7H,4-5H2,1H3,(H,15,20). The largest absolute Gasteiger partial charge is 0.442 e. The number of nitrogens with one attached hydrogen (secondary N) is 1. The lowest BCUT2D eigenvalue weighted by Gasteiger charge is -2.39. The zero-order valence-corrected chi connectivity index (χ0v) is 12.5. The van der Waals surface area contributed by atoms with E-state index >= 15 is 0 Å². The van der Waals surface area contributed by atoms with E-state index < -0.39 is 6.09 Å². The van der Waals surface area contributed by atoms with Crippen LogP contribution in [0.5, 0.6) is 0 Å². The summed E-state index contributed by atoms with van der Waals surface area (Å²) in [5.41, 5.74) is 1.00. The Kier molecular flexibility index (Phi) is 3.69. The lowest BCUT2D eigenvalue weighted by molar-refractivity contribution is 0.0823. The van der Waals surface area contributed by atoms with Crippen molar-refractivity contribution in [3.63, 3.8) is 0 Å². The van der Waals surface area contributed by atoms with Crippen LogP contribution in [0.25, 0.3) is 11.2 Å². The number of hydrogen-bond donors (Lipinski definition) is 1. The van der Waals surface area contributed by atoms with Gasteiger partial charge in [0.1, 0.15) is 11.6 Å². The van der Waals surface area contributed by atoms with Crippen molar-refractivity contribution in [3.05, 3.63) is 22.4 Å². The molecule has 0 spiro atoms. The smallest absolute Gasteiger partial charge is 0.407 e. The van der Waals surface area contributed by atoms with Gasteiger partial charge in [-0.2, -0.15) is 0 Å². The molecule has 9 heteroatoms. The number of alkyl carbamates (subject to hydrolysis) is 1. The van der Waals surface area contributed by atoms with E-state index in [0.29, 0.717) is 35.1 Å². The molecule has 0 saturated carbocycles. The number of pyridine rings is 1. The van der Waals surface area contributed by atoms with Crippen LogP contribution < -0.4 is 10.2 Å². The summed E-state index contributed by atoms with van der Waals surface area (Å²) >= 11 is 12.0. The summed E-state index contributed by atoms with van der Waals surface area (Å²) in [6.45, 7) is 1.03. The third-order valence-corrected chi connectivity index (χ3v) is 3.51. The number of rotatable bonds is 2. The molecule has 0 aliphatic carbocycles. The van der Waals surface area contributed by atoms with E-state index in [1.807, 2.05) is 4.90 Å². The number of hydrogen-bond acceptors (Lipinski definition) is 6. The molecule has 1 saturated heterocycles. The van der Waals surface area contributed by atoms with Crippen LogP contribution in [0, 0.1) is 0 Å². The van der Waals surface area contributed by atoms with Crippen molar-refractivity contribution in [3.8, 4) is 0 Å². The number of aromatic nitrogens is 3. The van der Waals surface area contributed by atoms with E-state index in [9.17, 15) is 4.79 Å². The highest BCUT2D eigenvalue weighted by molar-refractivity contribution is 6.32. The van der Waals surface area contributed by atoms with Crippen LogP contribution in [0.3, 0.4) is 0 Å². The zero-order chi connectivity index (χ0) is 15.0. The molecule has 7 nitrogen and oxygen atoms in total. The van der Waals surface area contributed by atoms with Gasteiger partial charge in [0.05, 0.1) is 18.1 Å². The van der Waals surface area contributed by atoms with Gasteiger partial charge in [-0.25, -0.2) is 19.7 Å². The van der Waals surface area contributed by atoms with Crippen LogP contribution in [0.4, 0.5) is 10.6 Å². The fourth-order valence-electron chi connectivity index (χ4n) is 1.99. The second-order valence-corrected chi connectivity index (χ2v) is 5.31. The third kappa shape index (κ3) is 2.79. The van der Waals surface area contributed by atoms with Crippen molar-refractivity contribution in [2.24, 2.45) is 0 Å². The Morgan fingerprint density at radius 2 is 2.19 bits per heavy atom. The second kappa shape index (κ2) is 5.50. The minimum atomic E-state index is -0.452. The van der Waals surface area contributed by atoms with Gasteiger partial charge in [0.25, 0.3) is 0 Å². The van der Waals surface area contributed by atoms with Gasteiger partial charge in [0.15, 0.2) is 16.6 Å². The van der Waals surface area contributed by atoms with Crippen molar-refractivity contribution in [1.29, 1.82) is 0 Å². The van der Waals surface area contributed by atoms with Gasteiger partial charge in [0, 0.05) is 13.2 Å². The number of amides is 1. The van der Waals surface area contributed by atoms with E-state index in [1.54, 1.807) is 6.07 Å². The molecular weight excluding hydrogens is 317 g/mol. The van der Waals surface area contributed by atoms with Crippen LogP contribution in [0.2, 0.25) is 10.2 Å². The third-order valence-electron chi connectivity index (χ3n) is 3.05. The van der Waals surface area contributed by atoms with E-state index in [-0.39, 0.29) is 11.3 Å². The highest BCUT2D eigenvalue weighted by Gasteiger charge is 2.32. The van der Waals surface area contributed by atoms with E-state index in [1.165, 1.54) is 13.2 Å². The number of fused-ring (bicyclic) bond motifs is 1. The van der Waals surface area contributed by atoms with Crippen LogP contribution in [-0.2, 0) is 4.74 Å². The normalized spacial score (nSPS) is 14.9. The van der Waals surface area contributed by atoms with Crippen molar-refractivity contribution < 1.29 is 9.53 Å². The molecule has 0 unspecified atom stereocenters. The minimum Gasteiger partial charge on any atom is -0.442 e. The summed E-state index contributed by atoms with van der Waals surface area (Å²) in [5.74, 6) is 0.524. The second-order valence-electron chi connectivity index (χ2n) is 4.52. The highest BCUT2D eigenvalue weighted by Crippen LogP contribution is 2.29. The Bertz CT molecular complexity index is 705. The summed E-state index contributed by atoms with van der Waals surface area (Å²) in [6, 6.07) is 1.65. The van der Waals surface area contributed by atoms with E-state index in [2.05, 4.69) is 20.3 Å². The Labute approximate surface area is 130 Å². The van der Waals surface area contributed by atoms with Crippen LogP contribution >= 0.6 is 23.2 Å². The molecule has 0 radical (unpaired) electrons. The molecule has 1 fully saturated rings. The Morgan fingerprint density at radius 3 is 2.90 bits per heavy atom. The lowest BCUT2D eigenvalue weighted by Crippen LogP contribution is -2.54. The van der Waals surface area contributed by atoms with E-state index in [4.69, 9.17) is 27.9 Å². The van der Waals surface area contributed by atoms with Gasteiger partial charge in [-0.15, -0.1) is 0 Å². The first-order valence-corrected chi connectivity index (χ1v) is 6.94. The van der Waals surface area contributed by atoms with Crippen molar-refractivity contribution in [1.82, 2.24) is 20.3 Å². The number of nitrogens with zero attached hydrogens (tertiary/aromatic N) is 4. The molecule has 0 bridgehead atoms. The number of halogens is 2. The Balaban J connectivity index is 1.78. The van der Waals surface area contributed by atoms with Gasteiger partial charge >= 0.3 is 6.09 Å². The van der Waals surface area contributed by atoms with E-state index in [0.717, 1.165) is 0 Å². The summed E-state index contributed by atoms with van der Waals surface area (Å²) in [6.07, 6.45) is 0.868. The van der Waals surface area contributed by atoms with Gasteiger partial charge < -0.3 is 15.0 Å². The molecule has 1 amide bonds. The predicted octanol–water partition coefficient (Wildman–Crippen LogP) is 1.88. The summed E-state index contributed by atoms with van der Waals surface area (Å²) in [4.78, 5) is 25.7. The highest BCUT2D eigenvalue weighted by atomic mass is 35.5. The molecule has 2 aromatic rings. The summed E-state index contributed by atoms with van der Waals surface area (Å²) < 4.78 is 5.11. The average molecular weight is 328 g/mol. The van der Waals surface area contributed by atoms with Crippen molar-refractivity contribution in [2.45, 2.75) is 6.10 Å². The lowest BCUT2D eigenvalue weighted by atomic mass is 10.2. The fraction of sp³-hybridized carbons (Fsp3) is 0.333. The number of carbonyl (C=O) groups excluding carboxylic acids is 1. The molecule has 1 aliphatic heterocycles. The zero-order valence-electron chi connectivity index (χ0n) is 11.0. The number of ether oxygens (including phenoxy) is 1. The first-order chi connectivity index (χ1) is 10.1. The first kappa shape index (κ1) is 14.1. The van der Waals surface area contributed by atoms with Crippen molar-refractivity contribution >= 4 is 46.3 Å². The molecule has 1 aliphatic rings. The number of carbonyl (C=O) groups is 1. The molecule has 3 heterocycles. The van der Waals surface area contributed by atoms with Gasteiger partial charge in [-0.1, -0.05) is 23.2 Å². The maximum Gasteiger partial charge on any atom is 0.407 e. The fourth-order valence-corrected chi connectivity index (χ4v) is 2.39. The maximum atomic E-state index is 11.1. The predicted molar refractivity (Wildman–Crippen MR) is 78.9 cm³/mol. The average Bonchev–Trinajstić information content (AvgIpc) is 2.41.